The molecule has 0 spiro atoms. The molecule has 0 unspecified atom stereocenters. The Hall–Kier alpha value is -3.54. The molecule has 2 heterocycles. The number of benzene rings is 2. The summed E-state index contributed by atoms with van der Waals surface area (Å²) >= 11 is 0. The van der Waals surface area contributed by atoms with Crippen LogP contribution in [0.1, 0.15) is 22.2 Å². The minimum absolute atomic E-state index is 0.0938. The Balaban J connectivity index is 1.74. The maximum Gasteiger partial charge on any atom is 0.262 e. The van der Waals surface area contributed by atoms with E-state index in [1.54, 1.807) is 37.4 Å². The number of nitrogens with zero attached hydrogens (tertiary/aromatic N) is 2. The van der Waals surface area contributed by atoms with E-state index in [1.165, 1.54) is 0 Å². The van der Waals surface area contributed by atoms with Gasteiger partial charge in [0.2, 0.25) is 0 Å². The average Bonchev–Trinajstić information content (AvgIpc) is 3.00. The lowest BCUT2D eigenvalue weighted by molar-refractivity contribution is 0.0993. The number of carbonyl (C=O) groups is 1. The maximum absolute atomic E-state index is 13.1. The first kappa shape index (κ1) is 16.9. The first-order chi connectivity index (χ1) is 13.2. The molecule has 0 saturated heterocycles. The summed E-state index contributed by atoms with van der Waals surface area (Å²) in [4.78, 5) is 19.2. The van der Waals surface area contributed by atoms with E-state index >= 15 is 0 Å². The molecule has 4 rings (SSSR count). The molecule has 0 bridgehead atoms. The van der Waals surface area contributed by atoms with E-state index in [-0.39, 0.29) is 5.91 Å². The molecule has 0 fully saturated rings. The van der Waals surface area contributed by atoms with Crippen molar-refractivity contribution in [1.82, 2.24) is 4.98 Å². The number of aromatic nitrogens is 1. The molecule has 6 heteroatoms. The van der Waals surface area contributed by atoms with Crippen molar-refractivity contribution in [1.29, 1.82) is 0 Å². The summed E-state index contributed by atoms with van der Waals surface area (Å²) in [6.07, 6.45) is 1.28. The fraction of sp³-hybridized carbons (Fsp3) is 0.143. The van der Waals surface area contributed by atoms with Gasteiger partial charge in [-0.05, 0) is 48.5 Å². The highest BCUT2D eigenvalue weighted by Gasteiger charge is 2.39. The molecule has 1 atom stereocenters. The van der Waals surface area contributed by atoms with Gasteiger partial charge in [0.25, 0.3) is 5.91 Å². The highest BCUT2D eigenvalue weighted by molar-refractivity contribution is 6.11. The Kier molecular flexibility index (Phi) is 4.38. The van der Waals surface area contributed by atoms with Crippen molar-refractivity contribution in [3.8, 4) is 11.5 Å². The third kappa shape index (κ3) is 3.06. The molecule has 0 saturated carbocycles. The molecule has 1 N–H and O–H groups in total. The number of nitrogens with one attached hydrogen (secondary N) is 1. The fourth-order valence-corrected chi connectivity index (χ4v) is 3.20. The molecular formula is C21H19N3O3. The lowest BCUT2D eigenvalue weighted by Gasteiger charge is -2.26. The van der Waals surface area contributed by atoms with E-state index < -0.39 is 6.17 Å². The van der Waals surface area contributed by atoms with Gasteiger partial charge in [-0.25, -0.2) is 0 Å². The molecule has 2 aromatic carbocycles. The molecule has 1 aromatic heterocycles. The zero-order valence-electron chi connectivity index (χ0n) is 15.0. The van der Waals surface area contributed by atoms with E-state index in [0.717, 1.165) is 22.9 Å². The first-order valence-corrected chi connectivity index (χ1v) is 8.54. The summed E-state index contributed by atoms with van der Waals surface area (Å²) in [6, 6.07) is 18.6. The molecule has 0 aliphatic carbocycles. The maximum atomic E-state index is 13.1. The highest BCUT2D eigenvalue weighted by Crippen LogP contribution is 2.37. The van der Waals surface area contributed by atoms with Gasteiger partial charge in [-0.2, -0.15) is 0 Å². The zero-order chi connectivity index (χ0) is 18.8. The molecular weight excluding hydrogens is 342 g/mol. The van der Waals surface area contributed by atoms with E-state index in [4.69, 9.17) is 9.47 Å². The monoisotopic (exact) mass is 361 g/mol. The van der Waals surface area contributed by atoms with Gasteiger partial charge in [-0.1, -0.05) is 6.07 Å². The predicted octanol–water partition coefficient (Wildman–Crippen LogP) is 3.87. The van der Waals surface area contributed by atoms with E-state index in [0.29, 0.717) is 11.3 Å². The Morgan fingerprint density at radius 2 is 1.74 bits per heavy atom. The van der Waals surface area contributed by atoms with Crippen molar-refractivity contribution in [3.05, 3.63) is 78.1 Å². The van der Waals surface area contributed by atoms with Gasteiger partial charge >= 0.3 is 0 Å². The number of pyridine rings is 1. The van der Waals surface area contributed by atoms with Crippen LogP contribution in [0, 0.1) is 0 Å². The van der Waals surface area contributed by atoms with Crippen molar-refractivity contribution in [2.75, 3.05) is 24.4 Å². The van der Waals surface area contributed by atoms with Crippen LogP contribution in [0.2, 0.25) is 0 Å². The standard InChI is InChI=1S/C21H19N3O3/c1-26-16-10-8-15(9-11-16)24-20(19-18(21(24)25)7-4-12-22-19)23-14-5-3-6-17(13-14)27-2/h3-13,20,23H,1-2H3/t20-/m1/s1. The van der Waals surface area contributed by atoms with Crippen LogP contribution in [-0.2, 0) is 0 Å². The first-order valence-electron chi connectivity index (χ1n) is 8.54. The summed E-state index contributed by atoms with van der Waals surface area (Å²) < 4.78 is 10.5. The zero-order valence-corrected chi connectivity index (χ0v) is 15.0. The number of anilines is 2. The Bertz CT molecular complexity index is 972. The van der Waals surface area contributed by atoms with Crippen molar-refractivity contribution in [2.45, 2.75) is 6.17 Å². The summed E-state index contributed by atoms with van der Waals surface area (Å²) in [5, 5.41) is 3.41. The van der Waals surface area contributed by atoms with Crippen molar-refractivity contribution in [2.24, 2.45) is 0 Å². The van der Waals surface area contributed by atoms with Crippen LogP contribution in [0.25, 0.3) is 0 Å². The van der Waals surface area contributed by atoms with Crippen LogP contribution in [-0.4, -0.2) is 25.1 Å². The summed E-state index contributed by atoms with van der Waals surface area (Å²) in [7, 11) is 3.24. The number of amides is 1. The average molecular weight is 361 g/mol. The van der Waals surface area contributed by atoms with Gasteiger partial charge in [-0.15, -0.1) is 0 Å². The van der Waals surface area contributed by atoms with Gasteiger partial charge < -0.3 is 14.8 Å². The number of rotatable bonds is 5. The number of hydrogen-bond donors (Lipinski definition) is 1. The van der Waals surface area contributed by atoms with Crippen LogP contribution in [0.5, 0.6) is 11.5 Å². The number of hydrogen-bond acceptors (Lipinski definition) is 5. The molecule has 1 aliphatic heterocycles. The molecule has 136 valence electrons. The van der Waals surface area contributed by atoms with Crippen LogP contribution in [0.4, 0.5) is 11.4 Å². The van der Waals surface area contributed by atoms with Crippen LogP contribution in [0.3, 0.4) is 0 Å². The highest BCUT2D eigenvalue weighted by atomic mass is 16.5. The molecule has 0 radical (unpaired) electrons. The van der Waals surface area contributed by atoms with E-state index in [1.807, 2.05) is 48.5 Å². The lowest BCUT2D eigenvalue weighted by atomic mass is 10.2. The van der Waals surface area contributed by atoms with E-state index in [9.17, 15) is 4.79 Å². The van der Waals surface area contributed by atoms with Crippen LogP contribution < -0.4 is 19.7 Å². The number of ether oxygens (including phenoxy) is 2. The molecule has 1 amide bonds. The minimum atomic E-state index is -0.422. The predicted molar refractivity (Wildman–Crippen MR) is 103 cm³/mol. The Morgan fingerprint density at radius 1 is 0.963 bits per heavy atom. The number of carbonyl (C=O) groups excluding carboxylic acids is 1. The van der Waals surface area contributed by atoms with Gasteiger partial charge in [0, 0.05) is 23.6 Å². The van der Waals surface area contributed by atoms with Gasteiger partial charge in [0.05, 0.1) is 25.5 Å². The van der Waals surface area contributed by atoms with Crippen LogP contribution >= 0.6 is 0 Å². The summed E-state index contributed by atoms with van der Waals surface area (Å²) in [5.41, 5.74) is 2.89. The second-order valence-electron chi connectivity index (χ2n) is 6.09. The van der Waals surface area contributed by atoms with E-state index in [2.05, 4.69) is 10.3 Å². The molecule has 1 aliphatic rings. The number of methoxy groups -OCH3 is 2. The number of fused-ring (bicyclic) bond motifs is 1. The van der Waals surface area contributed by atoms with Gasteiger partial charge in [-0.3, -0.25) is 14.7 Å². The smallest absolute Gasteiger partial charge is 0.262 e. The van der Waals surface area contributed by atoms with Crippen molar-refractivity contribution in [3.63, 3.8) is 0 Å². The molecule has 6 nitrogen and oxygen atoms in total. The topological polar surface area (TPSA) is 63.7 Å². The fourth-order valence-electron chi connectivity index (χ4n) is 3.20. The SMILES string of the molecule is COc1ccc(N2C(=O)c3cccnc3[C@@H]2Nc2cccc(OC)c2)cc1. The minimum Gasteiger partial charge on any atom is -0.497 e. The Morgan fingerprint density at radius 3 is 2.48 bits per heavy atom. The van der Waals surface area contributed by atoms with Crippen LogP contribution in [0.15, 0.2) is 66.9 Å². The normalized spacial score (nSPS) is 15.4. The molecule has 27 heavy (non-hydrogen) atoms. The summed E-state index contributed by atoms with van der Waals surface area (Å²) in [5.74, 6) is 1.38. The molecule has 3 aromatic rings. The largest absolute Gasteiger partial charge is 0.497 e. The lowest BCUT2D eigenvalue weighted by Crippen LogP contribution is -2.32. The second-order valence-corrected chi connectivity index (χ2v) is 6.09. The Labute approximate surface area is 157 Å². The van der Waals surface area contributed by atoms with Gasteiger partial charge in [0.1, 0.15) is 11.5 Å². The third-order valence-corrected chi connectivity index (χ3v) is 4.53. The van der Waals surface area contributed by atoms with Gasteiger partial charge in [0.15, 0.2) is 6.17 Å². The summed E-state index contributed by atoms with van der Waals surface area (Å²) in [6.45, 7) is 0. The third-order valence-electron chi connectivity index (χ3n) is 4.53. The quantitative estimate of drug-likeness (QED) is 0.747. The van der Waals surface area contributed by atoms with Crippen molar-refractivity contribution < 1.29 is 14.3 Å². The second kappa shape index (κ2) is 6.99. The van der Waals surface area contributed by atoms with Crippen molar-refractivity contribution >= 4 is 17.3 Å².